The van der Waals surface area contributed by atoms with Crippen molar-refractivity contribution in [2.45, 2.75) is 12.5 Å². The number of aliphatic hydroxyl groups excluding tert-OH is 1. The Morgan fingerprint density at radius 2 is 1.64 bits per heavy atom. The summed E-state index contributed by atoms with van der Waals surface area (Å²) in [7, 11) is 0. The molecule has 0 fully saturated rings. The Morgan fingerprint density at radius 3 is 2.09 bits per heavy atom. The van der Waals surface area contributed by atoms with E-state index in [-0.39, 0.29) is 5.56 Å². The molecule has 1 N–H and O–H groups in total. The van der Waals surface area contributed by atoms with Gasteiger partial charge < -0.3 is 5.11 Å². The fourth-order valence-electron chi connectivity index (χ4n) is 0.796. The van der Waals surface area contributed by atoms with Gasteiger partial charge >= 0.3 is 0 Å². The minimum Gasteiger partial charge on any atom is -0.362 e. The highest BCUT2D eigenvalue weighted by Gasteiger charge is 2.18. The van der Waals surface area contributed by atoms with Gasteiger partial charge in [-0.2, -0.15) is 0 Å². The summed E-state index contributed by atoms with van der Waals surface area (Å²) in [5.74, 6) is 0. The van der Waals surface area contributed by atoms with Crippen LogP contribution in [-0.2, 0) is 0 Å². The van der Waals surface area contributed by atoms with E-state index in [2.05, 4.69) is 0 Å². The first-order valence-corrected chi connectivity index (χ1v) is 3.23. The summed E-state index contributed by atoms with van der Waals surface area (Å²) in [6, 6.07) is 7.72. The third-order valence-corrected chi connectivity index (χ3v) is 1.36. The monoisotopic (exact) mass is 158 g/mol. The molecule has 1 aromatic carbocycles. The zero-order valence-electron chi connectivity index (χ0n) is 5.74. The van der Waals surface area contributed by atoms with Gasteiger partial charge in [0.05, 0.1) is 0 Å². The third kappa shape index (κ3) is 1.98. The topological polar surface area (TPSA) is 20.2 Å². The molecule has 0 saturated carbocycles. The van der Waals surface area contributed by atoms with Gasteiger partial charge in [0.15, 0.2) is 6.17 Å². The van der Waals surface area contributed by atoms with Crippen LogP contribution in [0.4, 0.5) is 8.78 Å². The summed E-state index contributed by atoms with van der Waals surface area (Å²) in [6.07, 6.45) is -4.37. The lowest BCUT2D eigenvalue weighted by Gasteiger charge is -2.07. The SMILES string of the molecule is OC(F)C(F)c1ccccc1. The van der Waals surface area contributed by atoms with Gasteiger partial charge in [0.1, 0.15) is 0 Å². The van der Waals surface area contributed by atoms with Gasteiger partial charge in [-0.3, -0.25) is 0 Å². The van der Waals surface area contributed by atoms with Gasteiger partial charge in [-0.05, 0) is 5.56 Å². The van der Waals surface area contributed by atoms with E-state index in [1.807, 2.05) is 0 Å². The predicted molar refractivity (Wildman–Crippen MR) is 37.4 cm³/mol. The summed E-state index contributed by atoms with van der Waals surface area (Å²) in [5.41, 5.74) is 0.155. The maximum atomic E-state index is 12.6. The Balaban J connectivity index is 2.77. The van der Waals surface area contributed by atoms with Gasteiger partial charge in [-0.25, -0.2) is 8.78 Å². The maximum absolute atomic E-state index is 12.6. The van der Waals surface area contributed by atoms with Crippen LogP contribution in [0.15, 0.2) is 30.3 Å². The fourth-order valence-corrected chi connectivity index (χ4v) is 0.796. The van der Waals surface area contributed by atoms with E-state index < -0.39 is 12.5 Å². The third-order valence-electron chi connectivity index (χ3n) is 1.36. The number of alkyl halides is 2. The van der Waals surface area contributed by atoms with Gasteiger partial charge in [0.2, 0.25) is 6.36 Å². The molecule has 0 radical (unpaired) electrons. The molecule has 1 aromatic rings. The summed E-state index contributed by atoms with van der Waals surface area (Å²) < 4.78 is 24.6. The summed E-state index contributed by atoms with van der Waals surface area (Å²) in [6.45, 7) is 0. The first-order valence-electron chi connectivity index (χ1n) is 3.23. The fraction of sp³-hybridized carbons (Fsp3) is 0.250. The number of hydrogen-bond acceptors (Lipinski definition) is 1. The molecule has 0 aliphatic rings. The molecule has 0 saturated heterocycles. The first kappa shape index (κ1) is 8.14. The number of halogens is 2. The van der Waals surface area contributed by atoms with Crippen molar-refractivity contribution in [1.82, 2.24) is 0 Å². The number of aliphatic hydroxyl groups is 1. The van der Waals surface area contributed by atoms with Gasteiger partial charge in [-0.1, -0.05) is 30.3 Å². The quantitative estimate of drug-likeness (QED) is 0.697. The zero-order chi connectivity index (χ0) is 8.27. The van der Waals surface area contributed by atoms with E-state index in [0.29, 0.717) is 0 Å². The molecule has 3 heteroatoms. The molecule has 0 aliphatic carbocycles. The van der Waals surface area contributed by atoms with Crippen LogP contribution in [0.25, 0.3) is 0 Å². The lowest BCUT2D eigenvalue weighted by molar-refractivity contribution is -0.0284. The number of rotatable bonds is 2. The van der Waals surface area contributed by atoms with E-state index in [1.165, 1.54) is 12.1 Å². The van der Waals surface area contributed by atoms with Crippen LogP contribution in [0.3, 0.4) is 0 Å². The van der Waals surface area contributed by atoms with Crippen LogP contribution in [0.2, 0.25) is 0 Å². The van der Waals surface area contributed by atoms with E-state index in [9.17, 15) is 8.78 Å². The van der Waals surface area contributed by atoms with E-state index in [1.54, 1.807) is 18.2 Å². The van der Waals surface area contributed by atoms with Crippen LogP contribution >= 0.6 is 0 Å². The Bertz CT molecular complexity index is 211. The molecule has 0 amide bonds. The molecule has 0 bridgehead atoms. The van der Waals surface area contributed by atoms with Gasteiger partial charge in [0.25, 0.3) is 0 Å². The van der Waals surface area contributed by atoms with Crippen LogP contribution in [0, 0.1) is 0 Å². The van der Waals surface area contributed by atoms with Crippen molar-refractivity contribution in [3.8, 4) is 0 Å². The molecule has 0 spiro atoms. The molecule has 1 nitrogen and oxygen atoms in total. The minimum absolute atomic E-state index is 0.155. The van der Waals surface area contributed by atoms with Crippen molar-refractivity contribution in [2.24, 2.45) is 0 Å². The molecule has 11 heavy (non-hydrogen) atoms. The number of benzene rings is 1. The lowest BCUT2D eigenvalue weighted by Crippen LogP contribution is -2.07. The standard InChI is InChI=1S/C8H8F2O/c9-7(8(10)11)6-4-2-1-3-5-6/h1-5,7-8,11H. The largest absolute Gasteiger partial charge is 0.362 e. The second-order valence-electron chi connectivity index (χ2n) is 2.19. The Labute approximate surface area is 63.3 Å². The molecule has 2 atom stereocenters. The van der Waals surface area contributed by atoms with Crippen molar-refractivity contribution in [3.05, 3.63) is 35.9 Å². The maximum Gasteiger partial charge on any atom is 0.232 e. The Hall–Kier alpha value is -0.960. The van der Waals surface area contributed by atoms with Crippen LogP contribution in [0.5, 0.6) is 0 Å². The number of hydrogen-bond donors (Lipinski definition) is 1. The molecule has 0 aliphatic heterocycles. The lowest BCUT2D eigenvalue weighted by atomic mass is 10.1. The van der Waals surface area contributed by atoms with Crippen molar-refractivity contribution in [3.63, 3.8) is 0 Å². The van der Waals surface area contributed by atoms with Crippen LogP contribution in [0.1, 0.15) is 11.7 Å². The second-order valence-corrected chi connectivity index (χ2v) is 2.19. The predicted octanol–water partition coefficient (Wildman–Crippen LogP) is 1.99. The van der Waals surface area contributed by atoms with Crippen molar-refractivity contribution >= 4 is 0 Å². The summed E-state index contributed by atoms with van der Waals surface area (Å²) >= 11 is 0. The highest BCUT2D eigenvalue weighted by molar-refractivity contribution is 5.17. The van der Waals surface area contributed by atoms with E-state index >= 15 is 0 Å². The molecule has 2 unspecified atom stereocenters. The van der Waals surface area contributed by atoms with Crippen molar-refractivity contribution < 1.29 is 13.9 Å². The average molecular weight is 158 g/mol. The average Bonchev–Trinajstić information content (AvgIpc) is 2.05. The molecule has 60 valence electrons. The van der Waals surface area contributed by atoms with E-state index in [4.69, 9.17) is 5.11 Å². The molecule has 1 rings (SSSR count). The van der Waals surface area contributed by atoms with Gasteiger partial charge in [0, 0.05) is 0 Å². The van der Waals surface area contributed by atoms with Crippen molar-refractivity contribution in [1.29, 1.82) is 0 Å². The smallest absolute Gasteiger partial charge is 0.232 e. The normalized spacial score (nSPS) is 15.9. The van der Waals surface area contributed by atoms with Crippen LogP contribution < -0.4 is 0 Å². The van der Waals surface area contributed by atoms with Gasteiger partial charge in [-0.15, -0.1) is 0 Å². The molecular formula is C8H8F2O. The van der Waals surface area contributed by atoms with Crippen LogP contribution in [-0.4, -0.2) is 11.5 Å². The molecule has 0 heterocycles. The second kappa shape index (κ2) is 3.44. The summed E-state index contributed by atoms with van der Waals surface area (Å²) in [5, 5.41) is 8.23. The zero-order valence-corrected chi connectivity index (χ0v) is 5.74. The van der Waals surface area contributed by atoms with E-state index in [0.717, 1.165) is 0 Å². The minimum atomic E-state index is -2.43. The molecular weight excluding hydrogens is 150 g/mol. The Kier molecular flexibility index (Phi) is 2.54. The molecule has 0 aromatic heterocycles. The Morgan fingerprint density at radius 1 is 1.09 bits per heavy atom. The highest BCUT2D eigenvalue weighted by atomic mass is 19.2. The highest BCUT2D eigenvalue weighted by Crippen LogP contribution is 2.21. The summed E-state index contributed by atoms with van der Waals surface area (Å²) in [4.78, 5) is 0. The first-order chi connectivity index (χ1) is 5.22. The van der Waals surface area contributed by atoms with Crippen molar-refractivity contribution in [2.75, 3.05) is 0 Å².